The van der Waals surface area contributed by atoms with Crippen LogP contribution < -0.4 is 14.9 Å². The first-order valence-electron chi connectivity index (χ1n) is 6.36. The van der Waals surface area contributed by atoms with Crippen LogP contribution in [0.5, 0.6) is 11.5 Å². The van der Waals surface area contributed by atoms with Gasteiger partial charge < -0.3 is 19.1 Å². The third-order valence-corrected chi connectivity index (χ3v) is 3.59. The number of halogens is 1. The Bertz CT molecular complexity index is 831. The third kappa shape index (κ3) is 2.29. The first-order valence-corrected chi connectivity index (χ1v) is 6.74. The molecule has 0 aromatic carbocycles. The summed E-state index contributed by atoms with van der Waals surface area (Å²) in [5.41, 5.74) is -0.0726. The number of carboxylic acid groups (broad SMARTS) is 1. The molecule has 3 heterocycles. The summed E-state index contributed by atoms with van der Waals surface area (Å²) in [6.45, 7) is 0.681. The topological polar surface area (TPSA) is 90.6 Å². The van der Waals surface area contributed by atoms with Crippen molar-refractivity contribution in [1.29, 1.82) is 0 Å². The Morgan fingerprint density at radius 3 is 2.95 bits per heavy atom. The first-order chi connectivity index (χ1) is 10.5. The van der Waals surface area contributed by atoms with E-state index in [4.69, 9.17) is 26.2 Å². The molecule has 0 aliphatic carbocycles. The van der Waals surface area contributed by atoms with E-state index in [1.807, 2.05) is 0 Å². The second kappa shape index (κ2) is 5.34. The van der Waals surface area contributed by atoms with E-state index in [1.54, 1.807) is 10.6 Å². The SMILES string of the molecule is COc1cc2c(nc1Cl)-c1cc(=O)c(C(=O)O)cn1CCO2. The molecule has 0 unspecified atom stereocenters. The van der Waals surface area contributed by atoms with Gasteiger partial charge in [-0.05, 0) is 0 Å². The van der Waals surface area contributed by atoms with E-state index in [9.17, 15) is 9.59 Å². The zero-order valence-corrected chi connectivity index (χ0v) is 12.3. The van der Waals surface area contributed by atoms with Crippen molar-refractivity contribution in [3.63, 3.8) is 0 Å². The van der Waals surface area contributed by atoms with Crippen LogP contribution in [-0.2, 0) is 6.54 Å². The monoisotopic (exact) mass is 322 g/mol. The Morgan fingerprint density at radius 1 is 1.50 bits per heavy atom. The summed E-state index contributed by atoms with van der Waals surface area (Å²) in [4.78, 5) is 27.2. The Hall–Kier alpha value is -2.54. The molecule has 0 bridgehead atoms. The minimum absolute atomic E-state index is 0.132. The van der Waals surface area contributed by atoms with Crippen LogP contribution in [0.1, 0.15) is 10.4 Å². The first kappa shape index (κ1) is 14.4. The Labute approximate surface area is 129 Å². The number of hydrogen-bond donors (Lipinski definition) is 1. The van der Waals surface area contributed by atoms with Gasteiger partial charge in [0, 0.05) is 18.3 Å². The smallest absolute Gasteiger partial charge is 0.341 e. The molecule has 0 fully saturated rings. The fourth-order valence-electron chi connectivity index (χ4n) is 2.27. The lowest BCUT2D eigenvalue weighted by Gasteiger charge is -2.11. The molecule has 0 atom stereocenters. The van der Waals surface area contributed by atoms with Crippen LogP contribution in [0.2, 0.25) is 5.15 Å². The lowest BCUT2D eigenvalue weighted by atomic mass is 10.1. The molecule has 8 heteroatoms. The minimum Gasteiger partial charge on any atom is -0.493 e. The van der Waals surface area contributed by atoms with E-state index in [0.717, 1.165) is 0 Å². The molecule has 1 aliphatic rings. The predicted octanol–water partition coefficient (Wildman–Crippen LogP) is 1.66. The quantitative estimate of drug-likeness (QED) is 0.846. The molecule has 3 rings (SSSR count). The van der Waals surface area contributed by atoms with Crippen molar-refractivity contribution < 1.29 is 19.4 Å². The zero-order valence-electron chi connectivity index (χ0n) is 11.5. The van der Waals surface area contributed by atoms with Gasteiger partial charge in [-0.15, -0.1) is 0 Å². The molecule has 2 aromatic rings. The highest BCUT2D eigenvalue weighted by Crippen LogP contribution is 2.36. The number of hydrogen-bond acceptors (Lipinski definition) is 5. The summed E-state index contributed by atoms with van der Waals surface area (Å²) in [5.74, 6) is -0.486. The van der Waals surface area contributed by atoms with Crippen molar-refractivity contribution in [2.75, 3.05) is 13.7 Å². The second-order valence-corrected chi connectivity index (χ2v) is 4.97. The molecule has 114 valence electrons. The van der Waals surface area contributed by atoms with E-state index in [0.29, 0.717) is 36.0 Å². The molecule has 0 saturated carbocycles. The highest BCUT2D eigenvalue weighted by atomic mass is 35.5. The van der Waals surface area contributed by atoms with Crippen LogP contribution in [-0.4, -0.2) is 34.3 Å². The highest BCUT2D eigenvalue weighted by molar-refractivity contribution is 6.31. The van der Waals surface area contributed by atoms with E-state index >= 15 is 0 Å². The molecular weight excluding hydrogens is 312 g/mol. The molecule has 2 aromatic heterocycles. The fraction of sp³-hybridized carbons (Fsp3) is 0.214. The van der Waals surface area contributed by atoms with Gasteiger partial charge >= 0.3 is 5.97 Å². The fourth-order valence-corrected chi connectivity index (χ4v) is 2.49. The molecule has 0 spiro atoms. The van der Waals surface area contributed by atoms with Crippen molar-refractivity contribution >= 4 is 17.6 Å². The van der Waals surface area contributed by atoms with Gasteiger partial charge in [0.05, 0.1) is 19.3 Å². The molecular formula is C14H11ClN2O5. The predicted molar refractivity (Wildman–Crippen MR) is 77.9 cm³/mol. The molecule has 22 heavy (non-hydrogen) atoms. The summed E-state index contributed by atoms with van der Waals surface area (Å²) in [6, 6.07) is 2.82. The number of carboxylic acids is 1. The van der Waals surface area contributed by atoms with Crippen molar-refractivity contribution in [3.8, 4) is 22.9 Å². The van der Waals surface area contributed by atoms with Crippen molar-refractivity contribution in [1.82, 2.24) is 9.55 Å². The van der Waals surface area contributed by atoms with Crippen molar-refractivity contribution in [2.24, 2.45) is 0 Å². The largest absolute Gasteiger partial charge is 0.493 e. The van der Waals surface area contributed by atoms with Gasteiger partial charge in [-0.2, -0.15) is 0 Å². The van der Waals surface area contributed by atoms with Gasteiger partial charge in [0.2, 0.25) is 0 Å². The number of rotatable bonds is 2. The van der Waals surface area contributed by atoms with Gasteiger partial charge in [-0.1, -0.05) is 11.6 Å². The molecule has 1 aliphatic heterocycles. The van der Waals surface area contributed by atoms with Crippen LogP contribution in [0.4, 0.5) is 0 Å². The summed E-state index contributed by atoms with van der Waals surface area (Å²) in [6.07, 6.45) is 1.29. The number of methoxy groups -OCH3 is 1. The molecule has 0 radical (unpaired) electrons. The van der Waals surface area contributed by atoms with E-state index in [-0.39, 0.29) is 10.7 Å². The van der Waals surface area contributed by atoms with Crippen LogP contribution in [0.3, 0.4) is 0 Å². The minimum atomic E-state index is -1.27. The lowest BCUT2D eigenvalue weighted by Crippen LogP contribution is -2.19. The van der Waals surface area contributed by atoms with Gasteiger partial charge in [-0.25, -0.2) is 9.78 Å². The maximum atomic E-state index is 11.9. The van der Waals surface area contributed by atoms with Gasteiger partial charge in [0.1, 0.15) is 17.9 Å². The van der Waals surface area contributed by atoms with E-state index in [2.05, 4.69) is 4.98 Å². The summed E-state index contributed by atoms with van der Waals surface area (Å²) >= 11 is 6.03. The standard InChI is InChI=1S/C14H11ClN2O5/c1-21-11-5-10-12(16-13(11)15)8-4-9(18)7(14(19)20)6-17(8)2-3-22-10/h4-6H,2-3H2,1H3,(H,19,20). The van der Waals surface area contributed by atoms with E-state index in [1.165, 1.54) is 19.4 Å². The van der Waals surface area contributed by atoms with Gasteiger partial charge in [0.15, 0.2) is 22.1 Å². The third-order valence-electron chi connectivity index (χ3n) is 3.32. The normalized spacial score (nSPS) is 12.6. The second-order valence-electron chi connectivity index (χ2n) is 4.61. The summed E-state index contributed by atoms with van der Waals surface area (Å²) in [5, 5.41) is 9.18. The average Bonchev–Trinajstić information content (AvgIpc) is 2.64. The summed E-state index contributed by atoms with van der Waals surface area (Å²) in [7, 11) is 1.46. The average molecular weight is 323 g/mol. The lowest BCUT2D eigenvalue weighted by molar-refractivity contribution is 0.0694. The van der Waals surface area contributed by atoms with E-state index < -0.39 is 11.4 Å². The number of ether oxygens (including phenoxy) is 2. The molecule has 0 saturated heterocycles. The van der Waals surface area contributed by atoms with Crippen LogP contribution >= 0.6 is 11.6 Å². The van der Waals surface area contributed by atoms with Crippen LogP contribution in [0.25, 0.3) is 11.4 Å². The molecule has 0 amide bonds. The number of pyridine rings is 2. The van der Waals surface area contributed by atoms with Crippen LogP contribution in [0.15, 0.2) is 23.1 Å². The van der Waals surface area contributed by atoms with Gasteiger partial charge in [0.25, 0.3) is 0 Å². The van der Waals surface area contributed by atoms with Crippen molar-refractivity contribution in [2.45, 2.75) is 6.54 Å². The number of aromatic carboxylic acids is 1. The Morgan fingerprint density at radius 2 is 2.27 bits per heavy atom. The Kier molecular flexibility index (Phi) is 3.50. The number of carbonyl (C=O) groups is 1. The van der Waals surface area contributed by atoms with Crippen LogP contribution in [0, 0.1) is 0 Å². The Balaban J connectivity index is 2.27. The maximum Gasteiger partial charge on any atom is 0.341 e. The number of aromatic nitrogens is 2. The zero-order chi connectivity index (χ0) is 15.9. The number of nitrogens with zero attached hydrogens (tertiary/aromatic N) is 2. The molecule has 7 nitrogen and oxygen atoms in total. The maximum absolute atomic E-state index is 11.9. The van der Waals surface area contributed by atoms with Crippen molar-refractivity contribution in [3.05, 3.63) is 39.3 Å². The van der Waals surface area contributed by atoms with Gasteiger partial charge in [-0.3, -0.25) is 4.79 Å². The summed E-state index contributed by atoms with van der Waals surface area (Å²) < 4.78 is 12.3. The number of fused-ring (bicyclic) bond motifs is 3. The highest BCUT2D eigenvalue weighted by Gasteiger charge is 2.22. The molecule has 1 N–H and O–H groups in total.